The lowest BCUT2D eigenvalue weighted by molar-refractivity contribution is -0.160. The molecule has 0 bridgehead atoms. The average Bonchev–Trinajstić information content (AvgIpc) is 2.85. The van der Waals surface area contributed by atoms with Crippen LogP contribution < -0.4 is 0 Å². The summed E-state index contributed by atoms with van der Waals surface area (Å²) in [5.74, 6) is -0.757. The normalized spacial score (nSPS) is 17.4. The monoisotopic (exact) mass is 506 g/mol. The molecule has 37 heavy (non-hydrogen) atoms. The highest BCUT2D eigenvalue weighted by molar-refractivity contribution is 5.84. The van der Waals surface area contributed by atoms with Gasteiger partial charge in [-0.25, -0.2) is 4.79 Å². The Hall–Kier alpha value is -2.70. The molecule has 4 rings (SSSR count). The van der Waals surface area contributed by atoms with Gasteiger partial charge in [0.2, 0.25) is 5.91 Å². The Kier molecular flexibility index (Phi) is 8.10. The van der Waals surface area contributed by atoms with Crippen molar-refractivity contribution in [2.45, 2.75) is 85.5 Å². The molecule has 2 aliphatic heterocycles. The van der Waals surface area contributed by atoms with Crippen molar-refractivity contribution in [3.05, 3.63) is 57.6 Å². The first kappa shape index (κ1) is 27.3. The van der Waals surface area contributed by atoms with Crippen molar-refractivity contribution >= 4 is 11.9 Å². The molecular formula is C31H42N2O4. The number of benzene rings is 2. The topological polar surface area (TPSA) is 70.1 Å². The third-order valence-corrected chi connectivity index (χ3v) is 7.74. The summed E-state index contributed by atoms with van der Waals surface area (Å²) in [6, 6.07) is 8.28. The first-order chi connectivity index (χ1) is 17.5. The van der Waals surface area contributed by atoms with Gasteiger partial charge in [0.15, 0.2) is 6.10 Å². The Morgan fingerprint density at radius 2 is 1.59 bits per heavy atom. The van der Waals surface area contributed by atoms with Gasteiger partial charge in [-0.3, -0.25) is 9.69 Å². The van der Waals surface area contributed by atoms with E-state index in [1.165, 1.54) is 17.5 Å². The van der Waals surface area contributed by atoms with Crippen molar-refractivity contribution in [3.8, 4) is 11.1 Å². The van der Waals surface area contributed by atoms with Crippen molar-refractivity contribution in [2.24, 2.45) is 0 Å². The second-order valence-corrected chi connectivity index (χ2v) is 11.7. The maximum Gasteiger partial charge on any atom is 0.337 e. The molecule has 1 N–H and O–H groups in total. The molecule has 0 saturated carbocycles. The summed E-state index contributed by atoms with van der Waals surface area (Å²) < 4.78 is 6.18. The van der Waals surface area contributed by atoms with Gasteiger partial charge in [0.1, 0.15) is 0 Å². The number of carbonyl (C=O) groups excluding carboxylic acids is 1. The number of carboxylic acids is 1. The van der Waals surface area contributed by atoms with Crippen LogP contribution in [0.25, 0.3) is 11.1 Å². The van der Waals surface area contributed by atoms with Crippen LogP contribution in [0.5, 0.6) is 0 Å². The zero-order chi connectivity index (χ0) is 26.9. The highest BCUT2D eigenvalue weighted by Crippen LogP contribution is 2.42. The lowest BCUT2D eigenvalue weighted by atomic mass is 9.80. The van der Waals surface area contributed by atoms with E-state index in [9.17, 15) is 14.7 Å². The number of fused-ring (bicyclic) bond motifs is 1. The van der Waals surface area contributed by atoms with Crippen molar-refractivity contribution in [3.63, 3.8) is 0 Å². The van der Waals surface area contributed by atoms with E-state index in [2.05, 4.69) is 43.0 Å². The maximum atomic E-state index is 13.0. The second kappa shape index (κ2) is 11.0. The summed E-state index contributed by atoms with van der Waals surface area (Å²) in [4.78, 5) is 29.9. The highest BCUT2D eigenvalue weighted by Gasteiger charge is 2.35. The third-order valence-electron chi connectivity index (χ3n) is 7.74. The first-order valence-corrected chi connectivity index (χ1v) is 13.6. The van der Waals surface area contributed by atoms with Gasteiger partial charge in [-0.1, -0.05) is 29.8 Å². The molecule has 1 fully saturated rings. The van der Waals surface area contributed by atoms with Crippen molar-refractivity contribution in [2.75, 3.05) is 26.2 Å². The van der Waals surface area contributed by atoms with E-state index in [0.29, 0.717) is 13.1 Å². The predicted molar refractivity (Wildman–Crippen MR) is 147 cm³/mol. The number of piperidine rings is 1. The number of likely N-dealkylation sites (tertiary alicyclic amines) is 1. The Morgan fingerprint density at radius 1 is 0.946 bits per heavy atom. The molecule has 1 saturated heterocycles. The number of nitrogens with zero attached hydrogens (tertiary/aromatic N) is 2. The number of amides is 1. The summed E-state index contributed by atoms with van der Waals surface area (Å²) in [5.41, 5.74) is 7.72. The van der Waals surface area contributed by atoms with Crippen LogP contribution in [0.1, 0.15) is 79.5 Å². The van der Waals surface area contributed by atoms with Gasteiger partial charge in [0.25, 0.3) is 0 Å². The molecule has 0 spiro atoms. The Labute approximate surface area is 221 Å². The molecule has 2 aromatic carbocycles. The van der Waals surface area contributed by atoms with Gasteiger partial charge in [0, 0.05) is 31.7 Å². The highest BCUT2D eigenvalue weighted by atomic mass is 16.5. The van der Waals surface area contributed by atoms with E-state index in [1.807, 2.05) is 32.6 Å². The molecule has 1 atom stereocenters. The van der Waals surface area contributed by atoms with Crippen LogP contribution in [0.15, 0.2) is 24.3 Å². The largest absolute Gasteiger partial charge is 0.479 e. The van der Waals surface area contributed by atoms with Gasteiger partial charge in [-0.05, 0) is 101 Å². The van der Waals surface area contributed by atoms with Crippen LogP contribution in [0, 0.1) is 20.8 Å². The van der Waals surface area contributed by atoms with Crippen molar-refractivity contribution in [1.29, 1.82) is 0 Å². The van der Waals surface area contributed by atoms with Gasteiger partial charge in [0.05, 0.1) is 12.1 Å². The molecule has 0 aliphatic carbocycles. The third kappa shape index (κ3) is 6.07. The Morgan fingerprint density at radius 3 is 2.19 bits per heavy atom. The fraction of sp³-hybridized carbons (Fsp3) is 0.548. The van der Waals surface area contributed by atoms with Gasteiger partial charge < -0.3 is 14.7 Å². The molecular weight excluding hydrogens is 464 g/mol. The minimum Gasteiger partial charge on any atom is -0.479 e. The number of hydrogen-bond donors (Lipinski definition) is 1. The van der Waals surface area contributed by atoms with Gasteiger partial charge >= 0.3 is 5.97 Å². The average molecular weight is 507 g/mol. The molecule has 0 radical (unpaired) electrons. The lowest BCUT2D eigenvalue weighted by Crippen LogP contribution is -2.44. The van der Waals surface area contributed by atoms with E-state index in [0.717, 1.165) is 72.3 Å². The van der Waals surface area contributed by atoms with E-state index >= 15 is 0 Å². The first-order valence-electron chi connectivity index (χ1n) is 13.6. The van der Waals surface area contributed by atoms with Crippen LogP contribution in [0.4, 0.5) is 0 Å². The molecule has 2 aromatic rings. The van der Waals surface area contributed by atoms with Crippen LogP contribution >= 0.6 is 0 Å². The summed E-state index contributed by atoms with van der Waals surface area (Å²) in [5, 5.41) is 10.3. The van der Waals surface area contributed by atoms with E-state index in [4.69, 9.17) is 4.74 Å². The molecule has 1 amide bonds. The summed E-state index contributed by atoms with van der Waals surface area (Å²) in [6.45, 7) is 15.5. The van der Waals surface area contributed by atoms with E-state index in [1.54, 1.807) is 0 Å². The number of rotatable bonds is 6. The van der Waals surface area contributed by atoms with Crippen LogP contribution in [0.3, 0.4) is 0 Å². The van der Waals surface area contributed by atoms with Crippen LogP contribution in [0.2, 0.25) is 0 Å². The summed E-state index contributed by atoms with van der Waals surface area (Å²) >= 11 is 0. The fourth-order valence-electron chi connectivity index (χ4n) is 5.86. The fourth-order valence-corrected chi connectivity index (χ4v) is 5.86. The Balaban J connectivity index is 1.78. The standard InChI is InChI=1S/C31H42N2O4/c1-20-10-12-23(13-11-20)27-22(3)25-18-32(19-26(34)33-15-8-7-9-16-33)17-14-24(25)21(2)28(27)29(30(35)36)37-31(4,5)6/h10-13,29H,7-9,14-19H2,1-6H3,(H,35,36)/t29-/m0/s1. The second-order valence-electron chi connectivity index (χ2n) is 11.7. The number of hydrogen-bond acceptors (Lipinski definition) is 4. The number of carboxylic acid groups (broad SMARTS) is 1. The Bertz CT molecular complexity index is 1160. The molecule has 2 heterocycles. The lowest BCUT2D eigenvalue weighted by Gasteiger charge is -2.36. The molecule has 6 nitrogen and oxygen atoms in total. The smallest absolute Gasteiger partial charge is 0.337 e. The van der Waals surface area contributed by atoms with E-state index in [-0.39, 0.29) is 5.91 Å². The van der Waals surface area contributed by atoms with Crippen LogP contribution in [-0.2, 0) is 27.3 Å². The molecule has 2 aliphatic rings. The van der Waals surface area contributed by atoms with Gasteiger partial charge in [-0.2, -0.15) is 0 Å². The molecule has 200 valence electrons. The summed E-state index contributed by atoms with van der Waals surface area (Å²) in [6.07, 6.45) is 3.12. The summed E-state index contributed by atoms with van der Waals surface area (Å²) in [7, 11) is 0. The maximum absolute atomic E-state index is 13.0. The SMILES string of the molecule is Cc1ccc(-c2c(C)c3c(c(C)c2[C@H](OC(C)(C)C)C(=O)O)CCN(CC(=O)N2CCCCC2)C3)cc1. The zero-order valence-corrected chi connectivity index (χ0v) is 23.3. The van der Waals surface area contributed by atoms with Crippen molar-refractivity contribution in [1.82, 2.24) is 9.80 Å². The minimum atomic E-state index is -1.07. The predicted octanol–water partition coefficient (Wildman–Crippen LogP) is 5.59. The van der Waals surface area contributed by atoms with Gasteiger partial charge in [-0.15, -0.1) is 0 Å². The minimum absolute atomic E-state index is 0.220. The molecule has 6 heteroatoms. The van der Waals surface area contributed by atoms with Crippen LogP contribution in [-0.4, -0.2) is 58.6 Å². The number of carbonyl (C=O) groups is 2. The quantitative estimate of drug-likeness (QED) is 0.553. The van der Waals surface area contributed by atoms with E-state index < -0.39 is 17.7 Å². The van der Waals surface area contributed by atoms with Crippen molar-refractivity contribution < 1.29 is 19.4 Å². The number of aryl methyl sites for hydroxylation is 1. The molecule has 0 aromatic heterocycles. The molecule has 0 unspecified atom stereocenters. The number of aliphatic carboxylic acids is 1. The zero-order valence-electron chi connectivity index (χ0n) is 23.3. The number of ether oxygens (including phenoxy) is 1.